The number of nitrogens with zero attached hydrogens (tertiary/aromatic N) is 1. The molecule has 1 heterocycles. The van der Waals surface area contributed by atoms with Gasteiger partial charge in [-0.2, -0.15) is 0 Å². The zero-order valence-corrected chi connectivity index (χ0v) is 8.41. The van der Waals surface area contributed by atoms with E-state index in [4.69, 9.17) is 0 Å². The second-order valence-corrected chi connectivity index (χ2v) is 3.87. The number of aliphatic imine (C=N–C) groups is 1. The first kappa shape index (κ1) is 10.4. The SMILES string of the molecule is CCC1CC(C)C/C=C/N=C\C1F. The summed E-state index contributed by atoms with van der Waals surface area (Å²) in [7, 11) is 0. The molecule has 0 radical (unpaired) electrons. The van der Waals surface area contributed by atoms with Crippen molar-refractivity contribution in [2.24, 2.45) is 16.8 Å². The second-order valence-electron chi connectivity index (χ2n) is 3.87. The minimum atomic E-state index is -0.866. The lowest BCUT2D eigenvalue weighted by atomic mass is 9.89. The van der Waals surface area contributed by atoms with Gasteiger partial charge in [-0.25, -0.2) is 4.39 Å². The van der Waals surface area contributed by atoms with Crippen LogP contribution >= 0.6 is 0 Å². The molecular formula is C11H18FN. The molecule has 0 aliphatic carbocycles. The van der Waals surface area contributed by atoms with Crippen molar-refractivity contribution < 1.29 is 4.39 Å². The molecule has 0 saturated carbocycles. The highest BCUT2D eigenvalue weighted by Crippen LogP contribution is 2.23. The van der Waals surface area contributed by atoms with Gasteiger partial charge in [-0.15, -0.1) is 0 Å². The van der Waals surface area contributed by atoms with Crippen molar-refractivity contribution in [1.82, 2.24) is 0 Å². The highest BCUT2D eigenvalue weighted by Gasteiger charge is 2.20. The molecule has 3 atom stereocenters. The zero-order chi connectivity index (χ0) is 9.68. The van der Waals surface area contributed by atoms with Gasteiger partial charge in [-0.1, -0.05) is 26.3 Å². The number of halogens is 1. The number of hydrogen-bond acceptors (Lipinski definition) is 1. The summed E-state index contributed by atoms with van der Waals surface area (Å²) in [5.74, 6) is 0.722. The van der Waals surface area contributed by atoms with Gasteiger partial charge in [-0.3, -0.25) is 4.99 Å². The van der Waals surface area contributed by atoms with E-state index in [0.29, 0.717) is 5.92 Å². The first-order valence-corrected chi connectivity index (χ1v) is 5.06. The van der Waals surface area contributed by atoms with Crippen LogP contribution in [0.15, 0.2) is 17.3 Å². The highest BCUT2D eigenvalue weighted by atomic mass is 19.1. The van der Waals surface area contributed by atoms with Gasteiger partial charge >= 0.3 is 0 Å². The topological polar surface area (TPSA) is 12.4 Å². The average molecular weight is 183 g/mol. The summed E-state index contributed by atoms with van der Waals surface area (Å²) in [5, 5.41) is 0. The van der Waals surface area contributed by atoms with Gasteiger partial charge in [-0.05, 0) is 24.7 Å². The molecule has 0 fully saturated rings. The van der Waals surface area contributed by atoms with Gasteiger partial charge in [0.1, 0.15) is 6.17 Å². The standard InChI is InChI=1S/C11H18FN/c1-3-10-7-9(2)5-4-6-13-8-11(10)12/h4,6,8-11H,3,5,7H2,1-2H3/b6-4+,13-8-. The Balaban J connectivity index is 2.64. The van der Waals surface area contributed by atoms with Gasteiger partial charge in [0, 0.05) is 12.4 Å². The van der Waals surface area contributed by atoms with E-state index < -0.39 is 6.17 Å². The lowest BCUT2D eigenvalue weighted by Gasteiger charge is -2.19. The maximum Gasteiger partial charge on any atom is 0.138 e. The van der Waals surface area contributed by atoms with Crippen LogP contribution in [0.25, 0.3) is 0 Å². The first-order chi connectivity index (χ1) is 6.24. The number of rotatable bonds is 1. The summed E-state index contributed by atoms with van der Waals surface area (Å²) < 4.78 is 13.5. The Hall–Kier alpha value is -0.660. The molecule has 74 valence electrons. The van der Waals surface area contributed by atoms with Crippen LogP contribution < -0.4 is 0 Å². The fraction of sp³-hybridized carbons (Fsp3) is 0.727. The Bertz CT molecular complexity index is 198. The van der Waals surface area contributed by atoms with E-state index in [1.54, 1.807) is 6.20 Å². The molecule has 13 heavy (non-hydrogen) atoms. The Morgan fingerprint density at radius 2 is 2.31 bits per heavy atom. The molecule has 0 N–H and O–H groups in total. The molecule has 1 aliphatic rings. The zero-order valence-electron chi connectivity index (χ0n) is 8.41. The first-order valence-electron chi connectivity index (χ1n) is 5.06. The van der Waals surface area contributed by atoms with Crippen LogP contribution in [0.3, 0.4) is 0 Å². The fourth-order valence-electron chi connectivity index (χ4n) is 1.74. The lowest BCUT2D eigenvalue weighted by molar-refractivity contribution is 0.256. The lowest BCUT2D eigenvalue weighted by Crippen LogP contribution is -2.18. The summed E-state index contributed by atoms with van der Waals surface area (Å²) in [6, 6.07) is 0. The maximum atomic E-state index is 13.5. The summed E-state index contributed by atoms with van der Waals surface area (Å²) in [5.41, 5.74) is 0. The summed E-state index contributed by atoms with van der Waals surface area (Å²) in [6.07, 6.45) is 7.18. The second kappa shape index (κ2) is 5.15. The molecule has 1 rings (SSSR count). The van der Waals surface area contributed by atoms with Crippen molar-refractivity contribution in [3.8, 4) is 0 Å². The minimum Gasteiger partial charge on any atom is -0.266 e. The van der Waals surface area contributed by atoms with Crippen LogP contribution in [0.1, 0.15) is 33.1 Å². The van der Waals surface area contributed by atoms with Crippen molar-refractivity contribution in [2.75, 3.05) is 0 Å². The van der Waals surface area contributed by atoms with Gasteiger partial charge in [0.05, 0.1) is 0 Å². The third-order valence-electron chi connectivity index (χ3n) is 2.64. The van der Waals surface area contributed by atoms with Crippen LogP contribution in [0, 0.1) is 11.8 Å². The number of allylic oxidation sites excluding steroid dienone is 1. The Morgan fingerprint density at radius 3 is 3.00 bits per heavy atom. The summed E-state index contributed by atoms with van der Waals surface area (Å²) in [4.78, 5) is 3.92. The smallest absolute Gasteiger partial charge is 0.138 e. The van der Waals surface area contributed by atoms with E-state index >= 15 is 0 Å². The Kier molecular flexibility index (Phi) is 4.13. The molecule has 0 aromatic heterocycles. The quantitative estimate of drug-likeness (QED) is 0.591. The third kappa shape index (κ3) is 3.29. The van der Waals surface area contributed by atoms with Crippen LogP contribution in [-0.2, 0) is 0 Å². The molecule has 0 aromatic rings. The van der Waals surface area contributed by atoms with Crippen molar-refractivity contribution >= 4 is 6.21 Å². The van der Waals surface area contributed by atoms with E-state index in [1.807, 2.05) is 13.0 Å². The predicted octanol–water partition coefficient (Wildman–Crippen LogP) is 3.37. The molecule has 0 aromatic carbocycles. The van der Waals surface area contributed by atoms with Gasteiger partial charge in [0.2, 0.25) is 0 Å². The molecule has 0 spiro atoms. The Morgan fingerprint density at radius 1 is 1.54 bits per heavy atom. The van der Waals surface area contributed by atoms with Crippen molar-refractivity contribution in [3.63, 3.8) is 0 Å². The molecule has 0 bridgehead atoms. The fourth-order valence-corrected chi connectivity index (χ4v) is 1.74. The van der Waals surface area contributed by atoms with E-state index in [-0.39, 0.29) is 5.92 Å². The van der Waals surface area contributed by atoms with E-state index in [2.05, 4.69) is 11.9 Å². The molecule has 1 aliphatic heterocycles. The largest absolute Gasteiger partial charge is 0.266 e. The number of alkyl halides is 1. The predicted molar refractivity (Wildman–Crippen MR) is 54.7 cm³/mol. The molecule has 3 unspecified atom stereocenters. The molecule has 0 saturated heterocycles. The van der Waals surface area contributed by atoms with Crippen LogP contribution in [0.4, 0.5) is 4.39 Å². The molecule has 0 amide bonds. The van der Waals surface area contributed by atoms with Crippen LogP contribution in [0.2, 0.25) is 0 Å². The van der Waals surface area contributed by atoms with Crippen LogP contribution in [-0.4, -0.2) is 12.4 Å². The monoisotopic (exact) mass is 183 g/mol. The van der Waals surface area contributed by atoms with E-state index in [9.17, 15) is 4.39 Å². The van der Waals surface area contributed by atoms with Gasteiger partial charge in [0.15, 0.2) is 0 Å². The normalized spacial score (nSPS) is 40.1. The summed E-state index contributed by atoms with van der Waals surface area (Å²) in [6.45, 7) is 4.22. The van der Waals surface area contributed by atoms with Gasteiger partial charge in [0.25, 0.3) is 0 Å². The average Bonchev–Trinajstić information content (AvgIpc) is 2.19. The molecule has 2 heteroatoms. The highest BCUT2D eigenvalue weighted by molar-refractivity contribution is 5.64. The van der Waals surface area contributed by atoms with Crippen molar-refractivity contribution in [3.05, 3.63) is 12.3 Å². The van der Waals surface area contributed by atoms with E-state index in [1.165, 1.54) is 6.21 Å². The van der Waals surface area contributed by atoms with Crippen molar-refractivity contribution in [1.29, 1.82) is 0 Å². The van der Waals surface area contributed by atoms with E-state index in [0.717, 1.165) is 19.3 Å². The van der Waals surface area contributed by atoms with Crippen LogP contribution in [0.5, 0.6) is 0 Å². The molecule has 1 nitrogen and oxygen atoms in total. The third-order valence-corrected chi connectivity index (χ3v) is 2.64. The maximum absolute atomic E-state index is 13.5. The minimum absolute atomic E-state index is 0.152. The Labute approximate surface area is 79.8 Å². The van der Waals surface area contributed by atoms with Gasteiger partial charge < -0.3 is 0 Å². The van der Waals surface area contributed by atoms with Crippen molar-refractivity contribution in [2.45, 2.75) is 39.3 Å². The number of hydrogen-bond donors (Lipinski definition) is 0. The molecular weight excluding hydrogens is 165 g/mol. The summed E-state index contributed by atoms with van der Waals surface area (Å²) >= 11 is 0.